The molecule has 0 aromatic carbocycles. The van der Waals surface area contributed by atoms with Crippen molar-refractivity contribution < 1.29 is 0 Å². The van der Waals surface area contributed by atoms with Crippen molar-refractivity contribution in [2.24, 2.45) is 5.92 Å². The molecule has 0 rings (SSSR count). The van der Waals surface area contributed by atoms with E-state index in [1.165, 1.54) is 51.7 Å². The fourth-order valence-corrected chi connectivity index (χ4v) is 2.13. The van der Waals surface area contributed by atoms with Crippen molar-refractivity contribution in [3.8, 4) is 0 Å². The van der Waals surface area contributed by atoms with Gasteiger partial charge < -0.3 is 10.2 Å². The number of unbranched alkanes of at least 4 members (excludes halogenated alkanes) is 2. The van der Waals surface area contributed by atoms with Crippen LogP contribution in [0.5, 0.6) is 0 Å². The molecule has 0 saturated heterocycles. The van der Waals surface area contributed by atoms with E-state index in [2.05, 4.69) is 44.8 Å². The highest BCUT2D eigenvalue weighted by molar-refractivity contribution is 4.66. The summed E-state index contributed by atoms with van der Waals surface area (Å²) < 4.78 is 0. The molecule has 0 fully saturated rings. The second-order valence-electron chi connectivity index (χ2n) is 5.95. The summed E-state index contributed by atoms with van der Waals surface area (Å²) in [5.74, 6) is 0.770. The van der Waals surface area contributed by atoms with Gasteiger partial charge in [-0.3, -0.25) is 0 Å². The van der Waals surface area contributed by atoms with E-state index in [0.29, 0.717) is 0 Å². The van der Waals surface area contributed by atoms with Crippen molar-refractivity contribution in [3.63, 3.8) is 0 Å². The topological polar surface area (TPSA) is 15.3 Å². The van der Waals surface area contributed by atoms with Crippen LogP contribution in [0.4, 0.5) is 0 Å². The molecule has 0 heterocycles. The van der Waals surface area contributed by atoms with Crippen molar-refractivity contribution in [3.05, 3.63) is 0 Å². The highest BCUT2D eigenvalue weighted by Crippen LogP contribution is 2.07. The van der Waals surface area contributed by atoms with Crippen LogP contribution in [-0.4, -0.2) is 37.1 Å². The molecule has 0 bridgehead atoms. The van der Waals surface area contributed by atoms with Gasteiger partial charge in [0.1, 0.15) is 0 Å². The standard InChI is InChI=1S/C16H36N2/c1-6-8-12-18(16(5)7-2)13-10-9-11-17-14-15(3)4/h15-17H,6-14H2,1-5H3. The second-order valence-corrected chi connectivity index (χ2v) is 5.95. The van der Waals surface area contributed by atoms with E-state index in [1.807, 2.05) is 0 Å². The number of hydrogen-bond donors (Lipinski definition) is 1. The molecular weight excluding hydrogens is 220 g/mol. The van der Waals surface area contributed by atoms with Crippen LogP contribution in [0.15, 0.2) is 0 Å². The van der Waals surface area contributed by atoms with Crippen LogP contribution < -0.4 is 5.32 Å². The quantitative estimate of drug-likeness (QED) is 0.533. The van der Waals surface area contributed by atoms with Crippen molar-refractivity contribution >= 4 is 0 Å². The minimum atomic E-state index is 0.750. The molecule has 0 amide bonds. The van der Waals surface area contributed by atoms with Gasteiger partial charge in [-0.2, -0.15) is 0 Å². The van der Waals surface area contributed by atoms with Gasteiger partial charge in [0.2, 0.25) is 0 Å². The molecule has 0 aromatic heterocycles. The molecule has 18 heavy (non-hydrogen) atoms. The summed E-state index contributed by atoms with van der Waals surface area (Å²) in [6.45, 7) is 16.4. The Labute approximate surface area is 116 Å². The van der Waals surface area contributed by atoms with E-state index >= 15 is 0 Å². The molecule has 0 aromatic rings. The van der Waals surface area contributed by atoms with Gasteiger partial charge in [0, 0.05) is 6.04 Å². The highest BCUT2D eigenvalue weighted by atomic mass is 15.1. The number of rotatable bonds is 12. The lowest BCUT2D eigenvalue weighted by Crippen LogP contribution is -2.34. The second kappa shape index (κ2) is 12.0. The van der Waals surface area contributed by atoms with Crippen LogP contribution in [0.3, 0.4) is 0 Å². The summed E-state index contributed by atoms with van der Waals surface area (Å²) in [6, 6.07) is 0.750. The summed E-state index contributed by atoms with van der Waals surface area (Å²) in [5, 5.41) is 3.53. The smallest absolute Gasteiger partial charge is 0.00643 e. The van der Waals surface area contributed by atoms with E-state index in [-0.39, 0.29) is 0 Å². The normalized spacial score (nSPS) is 13.5. The van der Waals surface area contributed by atoms with E-state index in [9.17, 15) is 0 Å². The average Bonchev–Trinajstić information content (AvgIpc) is 2.35. The Hall–Kier alpha value is -0.0800. The lowest BCUT2D eigenvalue weighted by Gasteiger charge is -2.28. The van der Waals surface area contributed by atoms with Crippen molar-refractivity contribution in [1.29, 1.82) is 0 Å². The summed E-state index contributed by atoms with van der Waals surface area (Å²) >= 11 is 0. The first-order valence-electron chi connectivity index (χ1n) is 8.06. The third-order valence-electron chi connectivity index (χ3n) is 3.61. The maximum Gasteiger partial charge on any atom is 0.00643 e. The molecule has 0 radical (unpaired) electrons. The van der Waals surface area contributed by atoms with Gasteiger partial charge >= 0.3 is 0 Å². The van der Waals surface area contributed by atoms with Gasteiger partial charge in [-0.25, -0.2) is 0 Å². The molecular formula is C16H36N2. The van der Waals surface area contributed by atoms with Gasteiger partial charge in [0.15, 0.2) is 0 Å². The van der Waals surface area contributed by atoms with Crippen molar-refractivity contribution in [1.82, 2.24) is 10.2 Å². The molecule has 1 N–H and O–H groups in total. The van der Waals surface area contributed by atoms with Gasteiger partial charge in [-0.1, -0.05) is 34.1 Å². The Morgan fingerprint density at radius 1 is 0.944 bits per heavy atom. The predicted molar refractivity (Wildman–Crippen MR) is 83.2 cm³/mol. The lowest BCUT2D eigenvalue weighted by molar-refractivity contribution is 0.197. The SMILES string of the molecule is CCCCN(CCCCNCC(C)C)C(C)CC. The number of nitrogens with one attached hydrogen (secondary N) is 1. The van der Waals surface area contributed by atoms with E-state index in [4.69, 9.17) is 0 Å². The summed E-state index contributed by atoms with van der Waals surface area (Å²) in [5.41, 5.74) is 0. The van der Waals surface area contributed by atoms with Gasteiger partial charge in [-0.15, -0.1) is 0 Å². The fourth-order valence-electron chi connectivity index (χ4n) is 2.13. The maximum atomic E-state index is 3.53. The third kappa shape index (κ3) is 9.90. The van der Waals surface area contributed by atoms with Crippen molar-refractivity contribution in [2.75, 3.05) is 26.2 Å². The zero-order valence-corrected chi connectivity index (χ0v) is 13.5. The van der Waals surface area contributed by atoms with Crippen LogP contribution in [-0.2, 0) is 0 Å². The first kappa shape index (κ1) is 17.9. The van der Waals surface area contributed by atoms with E-state index in [0.717, 1.165) is 18.5 Å². The zero-order valence-electron chi connectivity index (χ0n) is 13.5. The first-order chi connectivity index (χ1) is 8.61. The minimum Gasteiger partial charge on any atom is -0.316 e. The van der Waals surface area contributed by atoms with Gasteiger partial charge in [-0.05, 0) is 64.7 Å². The van der Waals surface area contributed by atoms with E-state index in [1.54, 1.807) is 0 Å². The minimum absolute atomic E-state index is 0.750. The van der Waals surface area contributed by atoms with Gasteiger partial charge in [0.25, 0.3) is 0 Å². The molecule has 0 aliphatic carbocycles. The van der Waals surface area contributed by atoms with Crippen molar-refractivity contribution in [2.45, 2.75) is 72.8 Å². The van der Waals surface area contributed by atoms with Crippen LogP contribution >= 0.6 is 0 Å². The molecule has 2 heteroatoms. The summed E-state index contributed by atoms with van der Waals surface area (Å²) in [4.78, 5) is 2.67. The summed E-state index contributed by atoms with van der Waals surface area (Å²) in [7, 11) is 0. The van der Waals surface area contributed by atoms with E-state index < -0.39 is 0 Å². The summed E-state index contributed by atoms with van der Waals surface area (Å²) in [6.07, 6.45) is 6.57. The molecule has 0 aliphatic heterocycles. The Bertz CT molecular complexity index is 168. The molecule has 0 saturated carbocycles. The Kier molecular flexibility index (Phi) is 11.9. The maximum absolute atomic E-state index is 3.53. The third-order valence-corrected chi connectivity index (χ3v) is 3.61. The average molecular weight is 256 g/mol. The monoisotopic (exact) mass is 256 g/mol. The molecule has 0 spiro atoms. The molecule has 110 valence electrons. The predicted octanol–water partition coefficient (Wildman–Crippen LogP) is 3.91. The fraction of sp³-hybridized carbons (Fsp3) is 1.00. The van der Waals surface area contributed by atoms with Gasteiger partial charge in [0.05, 0.1) is 0 Å². The first-order valence-corrected chi connectivity index (χ1v) is 8.06. The Morgan fingerprint density at radius 3 is 2.17 bits per heavy atom. The van der Waals surface area contributed by atoms with Crippen LogP contribution in [0, 0.1) is 5.92 Å². The highest BCUT2D eigenvalue weighted by Gasteiger charge is 2.10. The molecule has 1 atom stereocenters. The molecule has 1 unspecified atom stereocenters. The van der Waals surface area contributed by atoms with Crippen LogP contribution in [0.25, 0.3) is 0 Å². The molecule has 0 aliphatic rings. The van der Waals surface area contributed by atoms with Crippen LogP contribution in [0.2, 0.25) is 0 Å². The largest absolute Gasteiger partial charge is 0.316 e. The lowest BCUT2D eigenvalue weighted by atomic mass is 10.1. The molecule has 2 nitrogen and oxygen atoms in total. The zero-order chi connectivity index (χ0) is 13.8. The number of hydrogen-bond acceptors (Lipinski definition) is 2. The Balaban J connectivity index is 3.62. The van der Waals surface area contributed by atoms with Crippen LogP contribution in [0.1, 0.15) is 66.7 Å². The Morgan fingerprint density at radius 2 is 1.61 bits per heavy atom. The number of nitrogens with zero attached hydrogens (tertiary/aromatic N) is 1.